The van der Waals surface area contributed by atoms with Crippen molar-refractivity contribution in [3.8, 4) is 11.1 Å². The van der Waals surface area contributed by atoms with Crippen LogP contribution in [0.25, 0.3) is 44.6 Å². The molecule has 0 atom stereocenters. The van der Waals surface area contributed by atoms with Crippen LogP contribution in [-0.2, 0) is 45.2 Å². The van der Waals surface area contributed by atoms with E-state index in [0.717, 1.165) is 81.4 Å². The van der Waals surface area contributed by atoms with Crippen molar-refractivity contribution in [3.63, 3.8) is 0 Å². The number of esters is 1. The lowest BCUT2D eigenvalue weighted by molar-refractivity contribution is -0.144. The van der Waals surface area contributed by atoms with E-state index in [9.17, 15) is 23.6 Å². The first-order valence-electron chi connectivity index (χ1n) is 23.6. The van der Waals surface area contributed by atoms with Gasteiger partial charge >= 0.3 is 5.97 Å². The van der Waals surface area contributed by atoms with Gasteiger partial charge in [0.05, 0.1) is 48.1 Å². The second-order valence-corrected chi connectivity index (χ2v) is 18.3. The third kappa shape index (κ3) is 9.58. The molecule has 6 aromatic rings. The van der Waals surface area contributed by atoms with Gasteiger partial charge in [0.25, 0.3) is 17.7 Å². The third-order valence-electron chi connectivity index (χ3n) is 13.1. The van der Waals surface area contributed by atoms with E-state index in [0.29, 0.717) is 67.4 Å². The molecule has 3 amide bonds. The van der Waals surface area contributed by atoms with Gasteiger partial charge in [-0.1, -0.05) is 44.2 Å². The number of hydrogen-bond donors (Lipinski definition) is 4. The number of ether oxygens (including phenoxy) is 2. The third-order valence-corrected chi connectivity index (χ3v) is 13.1. The number of amides is 3. The number of benzene rings is 4. The molecular weight excluding hydrogens is 862 g/mol. The summed E-state index contributed by atoms with van der Waals surface area (Å²) in [7, 11) is 3.72. The molecule has 0 fully saturated rings. The molecular formula is C54H62FN7O6. The van der Waals surface area contributed by atoms with Crippen LogP contribution in [0.15, 0.2) is 60.7 Å². The molecule has 4 N–H and O–H groups in total. The van der Waals surface area contributed by atoms with E-state index >= 15 is 0 Å². The molecule has 3 aliphatic rings. The molecule has 1 aliphatic carbocycles. The van der Waals surface area contributed by atoms with Crippen LogP contribution < -0.4 is 16.0 Å². The minimum absolute atomic E-state index is 0.00727. The number of rotatable bonds is 16. The quantitative estimate of drug-likeness (QED) is 0.0429. The number of nitrogens with one attached hydrogen (secondary N) is 4. The molecule has 9 rings (SSSR count). The Morgan fingerprint density at radius 2 is 1.74 bits per heavy atom. The second kappa shape index (κ2) is 20.3. The number of fused-ring (bicyclic) bond motifs is 11. The van der Waals surface area contributed by atoms with Crippen LogP contribution in [0.5, 0.6) is 0 Å². The maximum Gasteiger partial charge on any atom is 0.320 e. The van der Waals surface area contributed by atoms with E-state index < -0.39 is 5.82 Å². The number of H-pyrrole nitrogens is 1. The van der Waals surface area contributed by atoms with Crippen molar-refractivity contribution in [2.75, 3.05) is 58.7 Å². The first-order chi connectivity index (χ1) is 32.7. The van der Waals surface area contributed by atoms with E-state index in [4.69, 9.17) is 9.47 Å². The first kappa shape index (κ1) is 47.9. The van der Waals surface area contributed by atoms with Crippen molar-refractivity contribution in [1.29, 1.82) is 0 Å². The monoisotopic (exact) mass is 923 g/mol. The summed E-state index contributed by atoms with van der Waals surface area (Å²) in [4.78, 5) is 57.6. The number of carbonyl (C=O) groups is 4. The summed E-state index contributed by atoms with van der Waals surface area (Å²) in [6, 6.07) is 19.2. The van der Waals surface area contributed by atoms with Gasteiger partial charge in [-0.15, -0.1) is 0 Å². The maximum absolute atomic E-state index is 13.7. The SMILES string of the molecule is CC(C)OCc1ccc2c(c1)c1c3c(c4c(c1n2CCCOC(=O)CN(C)C)Cc1ccccc1-4)C(=O)NC3.CCN(CC)CCNC(=O)c1c(C)[nH]c(/C=C2\C(=O)Nc3ccc(F)cc32)c1C. The average molecular weight is 924 g/mol. The van der Waals surface area contributed by atoms with Crippen molar-refractivity contribution in [2.45, 2.75) is 80.2 Å². The number of hydrogen-bond acceptors (Lipinski definition) is 8. The van der Waals surface area contributed by atoms with Crippen LogP contribution in [-0.4, -0.2) is 103 Å². The highest BCUT2D eigenvalue weighted by Gasteiger charge is 2.35. The van der Waals surface area contributed by atoms with Gasteiger partial charge in [-0.3, -0.25) is 24.1 Å². The number of nitrogens with zero attached hydrogens (tertiary/aromatic N) is 3. The topological polar surface area (TPSA) is 150 Å². The van der Waals surface area contributed by atoms with Crippen molar-refractivity contribution in [1.82, 2.24) is 30.0 Å². The number of halogens is 1. The van der Waals surface area contributed by atoms with Crippen LogP contribution in [0.2, 0.25) is 0 Å². The minimum Gasteiger partial charge on any atom is -0.465 e. The van der Waals surface area contributed by atoms with Crippen LogP contribution in [0, 0.1) is 19.7 Å². The summed E-state index contributed by atoms with van der Waals surface area (Å²) in [6.45, 7) is 17.6. The van der Waals surface area contributed by atoms with Gasteiger partial charge in [0, 0.05) is 77.1 Å². The van der Waals surface area contributed by atoms with E-state index in [-0.39, 0.29) is 36.3 Å². The molecule has 0 bridgehead atoms. The molecule has 0 radical (unpaired) electrons. The zero-order valence-electron chi connectivity index (χ0n) is 40.4. The van der Waals surface area contributed by atoms with Gasteiger partial charge in [-0.2, -0.15) is 0 Å². The zero-order valence-corrected chi connectivity index (χ0v) is 40.4. The van der Waals surface area contributed by atoms with Gasteiger partial charge in [0.1, 0.15) is 5.82 Å². The number of aryl methyl sites for hydroxylation is 2. The van der Waals surface area contributed by atoms with E-state index in [2.05, 4.69) is 86.7 Å². The van der Waals surface area contributed by atoms with Crippen LogP contribution in [0.1, 0.15) is 99.6 Å². The smallest absolute Gasteiger partial charge is 0.320 e. The molecule has 0 unspecified atom stereocenters. The maximum atomic E-state index is 13.7. The summed E-state index contributed by atoms with van der Waals surface area (Å²) in [5.41, 5.74) is 14.2. The Bertz CT molecular complexity index is 2980. The molecule has 4 aromatic carbocycles. The van der Waals surface area contributed by atoms with Crippen LogP contribution >= 0.6 is 0 Å². The van der Waals surface area contributed by atoms with Gasteiger partial charge < -0.3 is 39.9 Å². The molecule has 68 heavy (non-hydrogen) atoms. The van der Waals surface area contributed by atoms with Gasteiger partial charge in [-0.05, 0) is 131 Å². The number of aromatic amines is 1. The summed E-state index contributed by atoms with van der Waals surface area (Å²) in [5, 5.41) is 11.1. The zero-order chi connectivity index (χ0) is 48.4. The van der Waals surface area contributed by atoms with Gasteiger partial charge in [0.15, 0.2) is 0 Å². The fourth-order valence-electron chi connectivity index (χ4n) is 9.79. The highest BCUT2D eigenvalue weighted by Crippen LogP contribution is 2.49. The fourth-order valence-corrected chi connectivity index (χ4v) is 9.79. The molecule has 13 nitrogen and oxygen atoms in total. The predicted octanol–water partition coefficient (Wildman–Crippen LogP) is 8.36. The van der Waals surface area contributed by atoms with Crippen molar-refractivity contribution in [3.05, 3.63) is 122 Å². The first-order valence-corrected chi connectivity index (χ1v) is 23.6. The van der Waals surface area contributed by atoms with Crippen molar-refractivity contribution >= 4 is 62.8 Å². The van der Waals surface area contributed by atoms with E-state index in [1.807, 2.05) is 46.7 Å². The number of carbonyl (C=O) groups excluding carboxylic acids is 4. The Balaban J connectivity index is 0.000000193. The second-order valence-electron chi connectivity index (χ2n) is 18.3. The highest BCUT2D eigenvalue weighted by molar-refractivity contribution is 6.35. The fraction of sp³-hybridized carbons (Fsp3) is 0.370. The highest BCUT2D eigenvalue weighted by atomic mass is 19.1. The van der Waals surface area contributed by atoms with Gasteiger partial charge in [-0.25, -0.2) is 4.39 Å². The Labute approximate surface area is 397 Å². The summed E-state index contributed by atoms with van der Waals surface area (Å²) in [6.07, 6.45) is 3.31. The number of aromatic nitrogens is 2. The molecule has 14 heteroatoms. The van der Waals surface area contributed by atoms with Gasteiger partial charge in [0.2, 0.25) is 0 Å². The molecule has 2 aliphatic heterocycles. The lowest BCUT2D eigenvalue weighted by Gasteiger charge is -2.18. The lowest BCUT2D eigenvalue weighted by Crippen LogP contribution is -2.35. The molecule has 0 saturated heterocycles. The largest absolute Gasteiger partial charge is 0.465 e. The Morgan fingerprint density at radius 3 is 2.49 bits per heavy atom. The van der Waals surface area contributed by atoms with Crippen molar-refractivity contribution < 1.29 is 33.0 Å². The number of anilines is 1. The molecule has 2 aromatic heterocycles. The summed E-state index contributed by atoms with van der Waals surface area (Å²) >= 11 is 0. The summed E-state index contributed by atoms with van der Waals surface area (Å²) in [5.74, 6) is -1.04. The van der Waals surface area contributed by atoms with E-state index in [1.54, 1.807) is 12.1 Å². The van der Waals surface area contributed by atoms with Crippen molar-refractivity contribution in [2.24, 2.45) is 0 Å². The molecule has 0 spiro atoms. The van der Waals surface area contributed by atoms with E-state index in [1.165, 1.54) is 28.8 Å². The van der Waals surface area contributed by atoms with Crippen LogP contribution in [0.3, 0.4) is 0 Å². The Morgan fingerprint density at radius 1 is 0.956 bits per heavy atom. The summed E-state index contributed by atoms with van der Waals surface area (Å²) < 4.78 is 27.5. The van der Waals surface area contributed by atoms with Crippen LogP contribution in [0.4, 0.5) is 10.1 Å². The molecule has 0 saturated carbocycles. The Kier molecular flexibility index (Phi) is 14.3. The normalized spacial score (nSPS) is 14.1. The standard InChI is InChI=1S/C32H35N3O4.C22H27FN4O2/c1-19(2)39-18-20-10-11-26-23(14-20)29-25-16-33-32(37)30(25)28-22-9-6-5-8-21(22)15-24(28)31(29)35(26)12-7-13-38-27(36)17-34(3)4;1-5-27(6-2)10-9-24-22(29)20-13(3)19(25-14(20)4)12-17-16-11-15(23)7-8-18(16)26-21(17)28/h5-6,8-11,14,19H,7,12-13,15-18H2,1-4H3,(H,33,37);7-8,11-12,25H,5-6,9-10H2,1-4H3,(H,24,29)(H,26,28)/b;17-12-. The predicted molar refractivity (Wildman–Crippen MR) is 266 cm³/mol. The lowest BCUT2D eigenvalue weighted by atomic mass is 9.92. The molecule has 4 heterocycles. The Hall–Kier alpha value is -6.61. The number of likely N-dealkylation sites (N-methyl/N-ethyl adjacent to an activating group) is 2. The minimum atomic E-state index is -0.404. The molecule has 356 valence electrons. The average Bonchev–Trinajstić information content (AvgIpc) is 4.10.